The Balaban J connectivity index is 1.58. The van der Waals surface area contributed by atoms with Crippen molar-refractivity contribution in [3.63, 3.8) is 0 Å². The Kier molecular flexibility index (Phi) is 6.56. The number of carbonyl (C=O) groups is 1. The van der Waals surface area contributed by atoms with E-state index < -0.39 is 0 Å². The van der Waals surface area contributed by atoms with Crippen LogP contribution in [0.2, 0.25) is 10.0 Å². The van der Waals surface area contributed by atoms with Gasteiger partial charge in [0.25, 0.3) is 0 Å². The summed E-state index contributed by atoms with van der Waals surface area (Å²) in [5, 5.41) is 12.7. The van der Waals surface area contributed by atoms with Gasteiger partial charge in [0.15, 0.2) is 11.0 Å². The predicted molar refractivity (Wildman–Crippen MR) is 123 cm³/mol. The molecular weight excluding hydrogens is 458 g/mol. The zero-order valence-electron chi connectivity index (χ0n) is 15.9. The Bertz CT molecular complexity index is 1220. The fourth-order valence-corrected chi connectivity index (χ4v) is 4.08. The Morgan fingerprint density at radius 2 is 1.74 bits per heavy atom. The van der Waals surface area contributed by atoms with Gasteiger partial charge in [0.05, 0.1) is 16.5 Å². The SMILES string of the molecule is O=C(CSc1nnc(-c2ccccc2)n1-c1ccc(F)cc1)Nc1ccc(Cl)cc1Cl. The molecule has 1 aromatic heterocycles. The minimum atomic E-state index is -0.341. The van der Waals surface area contributed by atoms with E-state index in [0.29, 0.717) is 32.4 Å². The lowest BCUT2D eigenvalue weighted by Crippen LogP contribution is -2.15. The van der Waals surface area contributed by atoms with Crippen molar-refractivity contribution in [2.24, 2.45) is 0 Å². The van der Waals surface area contributed by atoms with Crippen LogP contribution >= 0.6 is 35.0 Å². The van der Waals surface area contributed by atoms with E-state index >= 15 is 0 Å². The molecule has 156 valence electrons. The third-order valence-corrected chi connectivity index (χ3v) is 5.76. The van der Waals surface area contributed by atoms with Gasteiger partial charge in [-0.2, -0.15) is 0 Å². The van der Waals surface area contributed by atoms with Gasteiger partial charge in [-0.3, -0.25) is 9.36 Å². The Labute approximate surface area is 192 Å². The molecule has 1 amide bonds. The highest BCUT2D eigenvalue weighted by atomic mass is 35.5. The van der Waals surface area contributed by atoms with Gasteiger partial charge in [-0.15, -0.1) is 10.2 Å². The van der Waals surface area contributed by atoms with Crippen molar-refractivity contribution in [1.29, 1.82) is 0 Å². The van der Waals surface area contributed by atoms with Crippen LogP contribution < -0.4 is 5.32 Å². The Morgan fingerprint density at radius 1 is 1.00 bits per heavy atom. The largest absolute Gasteiger partial charge is 0.324 e. The number of hydrogen-bond acceptors (Lipinski definition) is 4. The second-order valence-corrected chi connectivity index (χ2v) is 8.23. The van der Waals surface area contributed by atoms with E-state index in [-0.39, 0.29) is 17.5 Å². The number of nitrogens with zero attached hydrogens (tertiary/aromatic N) is 3. The highest BCUT2D eigenvalue weighted by Gasteiger charge is 2.17. The molecule has 3 aromatic carbocycles. The van der Waals surface area contributed by atoms with Crippen LogP contribution in [-0.4, -0.2) is 26.4 Å². The number of carbonyl (C=O) groups excluding carboxylic acids is 1. The summed E-state index contributed by atoms with van der Waals surface area (Å²) in [6.07, 6.45) is 0. The van der Waals surface area contributed by atoms with Crippen LogP contribution in [0.5, 0.6) is 0 Å². The van der Waals surface area contributed by atoms with Crippen molar-refractivity contribution in [2.45, 2.75) is 5.16 Å². The van der Waals surface area contributed by atoms with Gasteiger partial charge in [-0.05, 0) is 42.5 Å². The number of anilines is 1. The molecule has 0 aliphatic rings. The first-order valence-corrected chi connectivity index (χ1v) is 10.9. The molecule has 0 saturated carbocycles. The van der Waals surface area contributed by atoms with E-state index in [0.717, 1.165) is 5.56 Å². The van der Waals surface area contributed by atoms with Crippen LogP contribution in [-0.2, 0) is 4.79 Å². The van der Waals surface area contributed by atoms with E-state index in [4.69, 9.17) is 23.2 Å². The van der Waals surface area contributed by atoms with Crippen LogP contribution in [0.1, 0.15) is 0 Å². The number of rotatable bonds is 6. The van der Waals surface area contributed by atoms with Gasteiger partial charge in [-0.25, -0.2) is 4.39 Å². The maximum absolute atomic E-state index is 13.5. The fraction of sp³-hybridized carbons (Fsp3) is 0.0455. The molecule has 0 aliphatic carbocycles. The molecule has 31 heavy (non-hydrogen) atoms. The van der Waals surface area contributed by atoms with E-state index in [9.17, 15) is 9.18 Å². The van der Waals surface area contributed by atoms with Crippen LogP contribution in [0, 0.1) is 5.82 Å². The number of halogens is 3. The van der Waals surface area contributed by atoms with E-state index in [1.807, 2.05) is 30.3 Å². The van der Waals surface area contributed by atoms with Crippen molar-refractivity contribution in [2.75, 3.05) is 11.1 Å². The fourth-order valence-electron chi connectivity index (χ4n) is 2.87. The van der Waals surface area contributed by atoms with Gasteiger partial charge in [0.2, 0.25) is 5.91 Å². The lowest BCUT2D eigenvalue weighted by atomic mass is 10.2. The minimum absolute atomic E-state index is 0.0765. The molecule has 5 nitrogen and oxygen atoms in total. The van der Waals surface area contributed by atoms with Crippen molar-refractivity contribution in [1.82, 2.24) is 14.8 Å². The number of nitrogens with one attached hydrogen (secondary N) is 1. The summed E-state index contributed by atoms with van der Waals surface area (Å²) in [5.41, 5.74) is 2.01. The van der Waals surface area contributed by atoms with Gasteiger partial charge in [0, 0.05) is 16.3 Å². The van der Waals surface area contributed by atoms with Crippen molar-refractivity contribution >= 4 is 46.6 Å². The molecule has 0 bridgehead atoms. The van der Waals surface area contributed by atoms with Gasteiger partial charge < -0.3 is 5.32 Å². The molecular formula is C22H15Cl2FN4OS. The van der Waals surface area contributed by atoms with Crippen LogP contribution in [0.15, 0.2) is 78.0 Å². The maximum Gasteiger partial charge on any atom is 0.234 e. The molecule has 1 N–H and O–H groups in total. The van der Waals surface area contributed by atoms with Crippen LogP contribution in [0.3, 0.4) is 0 Å². The number of thioether (sulfide) groups is 1. The summed E-state index contributed by atoms with van der Waals surface area (Å²) >= 11 is 13.2. The maximum atomic E-state index is 13.5. The highest BCUT2D eigenvalue weighted by Crippen LogP contribution is 2.29. The molecule has 0 atom stereocenters. The van der Waals surface area contributed by atoms with Gasteiger partial charge >= 0.3 is 0 Å². The summed E-state index contributed by atoms with van der Waals surface area (Å²) in [5.74, 6) is 0.0686. The summed E-state index contributed by atoms with van der Waals surface area (Å²) in [6, 6.07) is 20.4. The average molecular weight is 473 g/mol. The van der Waals surface area contributed by atoms with Crippen LogP contribution in [0.4, 0.5) is 10.1 Å². The molecule has 0 spiro atoms. The van der Waals surface area contributed by atoms with E-state index in [1.54, 1.807) is 34.9 Å². The average Bonchev–Trinajstić information content (AvgIpc) is 3.19. The van der Waals surface area contributed by atoms with Crippen molar-refractivity contribution in [3.8, 4) is 17.1 Å². The normalized spacial score (nSPS) is 10.8. The first-order chi connectivity index (χ1) is 15.0. The van der Waals surface area contributed by atoms with Crippen molar-refractivity contribution < 1.29 is 9.18 Å². The zero-order valence-corrected chi connectivity index (χ0v) is 18.3. The third-order valence-electron chi connectivity index (χ3n) is 4.29. The second kappa shape index (κ2) is 9.51. The Morgan fingerprint density at radius 3 is 2.45 bits per heavy atom. The number of hydrogen-bond donors (Lipinski definition) is 1. The third kappa shape index (κ3) is 5.07. The number of benzene rings is 3. The van der Waals surface area contributed by atoms with Gasteiger partial charge in [-0.1, -0.05) is 65.3 Å². The monoisotopic (exact) mass is 472 g/mol. The quantitative estimate of drug-likeness (QED) is 0.343. The molecule has 0 saturated heterocycles. The smallest absolute Gasteiger partial charge is 0.234 e. The molecule has 0 fully saturated rings. The van der Waals surface area contributed by atoms with Gasteiger partial charge in [0.1, 0.15) is 5.82 Å². The van der Waals surface area contributed by atoms with Crippen LogP contribution in [0.25, 0.3) is 17.1 Å². The molecule has 0 aliphatic heterocycles. The minimum Gasteiger partial charge on any atom is -0.324 e. The Hall–Kier alpha value is -2.87. The first kappa shape index (κ1) is 21.4. The lowest BCUT2D eigenvalue weighted by Gasteiger charge is -2.11. The second-order valence-electron chi connectivity index (χ2n) is 6.45. The standard InChI is InChI=1S/C22H15Cl2FN4OS/c23-15-6-11-19(18(24)12-15)26-20(30)13-31-22-28-27-21(14-4-2-1-3-5-14)29(22)17-9-7-16(25)8-10-17/h1-12H,13H2,(H,26,30). The lowest BCUT2D eigenvalue weighted by molar-refractivity contribution is -0.113. The molecule has 0 unspecified atom stereocenters. The molecule has 9 heteroatoms. The number of amides is 1. The van der Waals surface area contributed by atoms with E-state index in [1.165, 1.54) is 23.9 Å². The molecule has 4 rings (SSSR count). The first-order valence-electron chi connectivity index (χ1n) is 9.16. The summed E-state index contributed by atoms with van der Waals surface area (Å²) in [6.45, 7) is 0. The van der Waals surface area contributed by atoms with E-state index in [2.05, 4.69) is 15.5 Å². The highest BCUT2D eigenvalue weighted by molar-refractivity contribution is 7.99. The predicted octanol–water partition coefficient (Wildman–Crippen LogP) is 6.11. The summed E-state index contributed by atoms with van der Waals surface area (Å²) in [4.78, 5) is 12.5. The van der Waals surface area contributed by atoms with Crippen molar-refractivity contribution in [3.05, 3.63) is 88.7 Å². The summed E-state index contributed by atoms with van der Waals surface area (Å²) in [7, 11) is 0. The topological polar surface area (TPSA) is 59.8 Å². The summed E-state index contributed by atoms with van der Waals surface area (Å²) < 4.78 is 15.2. The number of aromatic nitrogens is 3. The molecule has 0 radical (unpaired) electrons. The molecule has 1 heterocycles. The molecule has 4 aromatic rings. The zero-order chi connectivity index (χ0) is 21.8.